The lowest BCUT2D eigenvalue weighted by Gasteiger charge is -2.16. The zero-order valence-corrected chi connectivity index (χ0v) is 14.7. The largest absolute Gasteiger partial charge is 0.304 e. The molecule has 3 aromatic rings. The molecule has 2 nitrogen and oxygen atoms in total. The highest BCUT2D eigenvalue weighted by Gasteiger charge is 2.15. The molecule has 0 spiro atoms. The normalized spacial score (nSPS) is 13.2. The summed E-state index contributed by atoms with van der Waals surface area (Å²) in [5.74, 6) is 0. The molecule has 1 unspecified atom stereocenters. The molecule has 23 heavy (non-hydrogen) atoms. The summed E-state index contributed by atoms with van der Waals surface area (Å²) < 4.78 is 0. The summed E-state index contributed by atoms with van der Waals surface area (Å²) in [6, 6.07) is 15.0. The van der Waals surface area contributed by atoms with Gasteiger partial charge >= 0.3 is 0 Å². The Balaban J connectivity index is 1.65. The van der Waals surface area contributed by atoms with E-state index in [1.807, 2.05) is 29.0 Å². The smallest absolute Gasteiger partial charge is 0.110 e. The Morgan fingerprint density at radius 2 is 2.00 bits per heavy atom. The zero-order chi connectivity index (χ0) is 15.9. The summed E-state index contributed by atoms with van der Waals surface area (Å²) >= 11 is 3.53. The van der Waals surface area contributed by atoms with Crippen LogP contribution >= 0.6 is 22.7 Å². The number of thiophene rings is 1. The quantitative estimate of drug-likeness (QED) is 0.641. The van der Waals surface area contributed by atoms with Crippen molar-refractivity contribution in [2.24, 2.45) is 0 Å². The molecule has 0 saturated heterocycles. The van der Waals surface area contributed by atoms with Gasteiger partial charge in [-0.1, -0.05) is 48.0 Å². The van der Waals surface area contributed by atoms with Crippen molar-refractivity contribution in [1.29, 1.82) is 0 Å². The van der Waals surface area contributed by atoms with Crippen LogP contribution < -0.4 is 5.32 Å². The molecule has 0 saturated carbocycles. The fourth-order valence-electron chi connectivity index (χ4n) is 2.45. The van der Waals surface area contributed by atoms with Crippen LogP contribution in [0.4, 0.5) is 0 Å². The van der Waals surface area contributed by atoms with Gasteiger partial charge in [0.25, 0.3) is 0 Å². The third-order valence-electron chi connectivity index (χ3n) is 3.57. The average Bonchev–Trinajstić information content (AvgIpc) is 3.26. The molecule has 1 N–H and O–H groups in total. The lowest BCUT2D eigenvalue weighted by atomic mass is 10.1. The summed E-state index contributed by atoms with van der Waals surface area (Å²) in [5.41, 5.74) is 2.57. The van der Waals surface area contributed by atoms with E-state index >= 15 is 0 Å². The Kier molecular flexibility index (Phi) is 5.75. The molecule has 0 fully saturated rings. The monoisotopic (exact) mass is 340 g/mol. The van der Waals surface area contributed by atoms with Crippen molar-refractivity contribution in [2.45, 2.75) is 19.4 Å². The van der Waals surface area contributed by atoms with Gasteiger partial charge in [-0.15, -0.1) is 22.7 Å². The van der Waals surface area contributed by atoms with Crippen LogP contribution in [-0.4, -0.2) is 11.5 Å². The molecule has 2 heterocycles. The van der Waals surface area contributed by atoms with Crippen LogP contribution in [0.25, 0.3) is 6.08 Å². The third kappa shape index (κ3) is 4.86. The van der Waals surface area contributed by atoms with Gasteiger partial charge in [-0.2, -0.15) is 0 Å². The maximum atomic E-state index is 4.50. The van der Waals surface area contributed by atoms with Crippen LogP contribution in [0.15, 0.2) is 65.0 Å². The summed E-state index contributed by atoms with van der Waals surface area (Å²) in [7, 11) is 0. The number of aromatic nitrogens is 1. The van der Waals surface area contributed by atoms with E-state index in [0.717, 1.165) is 18.0 Å². The second kappa shape index (κ2) is 8.20. The van der Waals surface area contributed by atoms with Gasteiger partial charge in [0.05, 0.1) is 6.04 Å². The molecule has 118 valence electrons. The van der Waals surface area contributed by atoms with Crippen molar-refractivity contribution in [3.05, 3.63) is 80.4 Å². The molecular weight excluding hydrogens is 320 g/mol. The van der Waals surface area contributed by atoms with Crippen LogP contribution in [0.5, 0.6) is 0 Å². The van der Waals surface area contributed by atoms with Gasteiger partial charge in [0.1, 0.15) is 5.01 Å². The number of thiazole rings is 1. The van der Waals surface area contributed by atoms with E-state index < -0.39 is 0 Å². The van der Waals surface area contributed by atoms with Gasteiger partial charge in [0.2, 0.25) is 0 Å². The van der Waals surface area contributed by atoms with E-state index in [1.54, 1.807) is 11.3 Å². The van der Waals surface area contributed by atoms with E-state index in [4.69, 9.17) is 0 Å². The van der Waals surface area contributed by atoms with Gasteiger partial charge in [-0.25, -0.2) is 4.98 Å². The number of hydrogen-bond acceptors (Lipinski definition) is 4. The second-order valence-electron chi connectivity index (χ2n) is 5.49. The van der Waals surface area contributed by atoms with Crippen molar-refractivity contribution in [1.82, 2.24) is 10.3 Å². The number of hydrogen-bond donors (Lipinski definition) is 1. The second-order valence-corrected chi connectivity index (χ2v) is 7.45. The first-order valence-corrected chi connectivity index (χ1v) is 9.44. The van der Waals surface area contributed by atoms with Crippen LogP contribution in [0.3, 0.4) is 0 Å². The van der Waals surface area contributed by atoms with Crippen LogP contribution in [0.2, 0.25) is 0 Å². The maximum Gasteiger partial charge on any atom is 0.110 e. The number of rotatable bonds is 7. The molecule has 1 aromatic carbocycles. The standard InChI is InChI=1S/C19H20N2S2/c1-15(12-16-6-3-2-4-7-16)14-21-18(19-20-9-11-23-19)13-17-8-5-10-22-17/h2-12,18,21H,13-14H2,1H3. The van der Waals surface area contributed by atoms with E-state index in [-0.39, 0.29) is 6.04 Å². The van der Waals surface area contributed by atoms with Crippen LogP contribution in [0, 0.1) is 0 Å². The minimum absolute atomic E-state index is 0.271. The molecule has 0 aliphatic rings. The molecule has 3 rings (SSSR count). The predicted molar refractivity (Wildman–Crippen MR) is 101 cm³/mol. The molecule has 4 heteroatoms. The molecule has 2 aromatic heterocycles. The van der Waals surface area contributed by atoms with Crippen molar-refractivity contribution in [3.8, 4) is 0 Å². The van der Waals surface area contributed by atoms with Gasteiger partial charge < -0.3 is 5.32 Å². The van der Waals surface area contributed by atoms with Crippen molar-refractivity contribution in [3.63, 3.8) is 0 Å². The van der Waals surface area contributed by atoms with Crippen LogP contribution in [0.1, 0.15) is 28.4 Å². The summed E-state index contributed by atoms with van der Waals surface area (Å²) in [5, 5.41) is 9.01. The highest BCUT2D eigenvalue weighted by Crippen LogP contribution is 2.23. The SMILES string of the molecule is CC(=Cc1ccccc1)CNC(Cc1cccs1)c1nccs1. The number of benzene rings is 1. The van der Waals surface area contributed by atoms with E-state index in [0.29, 0.717) is 0 Å². The van der Waals surface area contributed by atoms with E-state index in [1.165, 1.54) is 16.0 Å². The Labute approximate surface area is 145 Å². The zero-order valence-electron chi connectivity index (χ0n) is 13.1. The third-order valence-corrected chi connectivity index (χ3v) is 5.36. The van der Waals surface area contributed by atoms with E-state index in [9.17, 15) is 0 Å². The molecule has 1 atom stereocenters. The first-order chi connectivity index (χ1) is 11.3. The number of nitrogens with one attached hydrogen (secondary N) is 1. The Bertz CT molecular complexity index is 716. The molecule has 0 aliphatic heterocycles. The topological polar surface area (TPSA) is 24.9 Å². The summed E-state index contributed by atoms with van der Waals surface area (Å²) in [4.78, 5) is 5.89. The van der Waals surface area contributed by atoms with Crippen molar-refractivity contribution in [2.75, 3.05) is 6.54 Å². The first-order valence-electron chi connectivity index (χ1n) is 7.68. The Hall–Kier alpha value is -1.75. The average molecular weight is 341 g/mol. The fraction of sp³-hybridized carbons (Fsp3) is 0.211. The predicted octanol–water partition coefficient (Wildman–Crippen LogP) is 5.18. The first kappa shape index (κ1) is 16.1. The molecule has 0 amide bonds. The van der Waals surface area contributed by atoms with Crippen LogP contribution in [-0.2, 0) is 6.42 Å². The minimum atomic E-state index is 0.271. The van der Waals surface area contributed by atoms with Gasteiger partial charge in [-0.3, -0.25) is 0 Å². The van der Waals surface area contributed by atoms with Gasteiger partial charge in [-0.05, 0) is 23.9 Å². The van der Waals surface area contributed by atoms with E-state index in [2.05, 4.69) is 65.1 Å². The lowest BCUT2D eigenvalue weighted by molar-refractivity contribution is 0.558. The lowest BCUT2D eigenvalue weighted by Crippen LogP contribution is -2.24. The Morgan fingerprint density at radius 1 is 1.13 bits per heavy atom. The summed E-state index contributed by atoms with van der Waals surface area (Å²) in [6.45, 7) is 3.04. The molecular formula is C19H20N2S2. The molecule has 0 bridgehead atoms. The molecule has 0 radical (unpaired) electrons. The van der Waals surface area contributed by atoms with Crippen molar-refractivity contribution < 1.29 is 0 Å². The van der Waals surface area contributed by atoms with Gasteiger partial charge in [0.15, 0.2) is 0 Å². The highest BCUT2D eigenvalue weighted by atomic mass is 32.1. The van der Waals surface area contributed by atoms with Crippen molar-refractivity contribution >= 4 is 28.7 Å². The Morgan fingerprint density at radius 3 is 2.70 bits per heavy atom. The molecule has 0 aliphatic carbocycles. The minimum Gasteiger partial charge on any atom is -0.304 e. The fourth-order valence-corrected chi connectivity index (χ4v) is 3.92. The maximum absolute atomic E-state index is 4.50. The van der Waals surface area contributed by atoms with Gasteiger partial charge in [0, 0.05) is 29.4 Å². The highest BCUT2D eigenvalue weighted by molar-refractivity contribution is 7.10. The summed E-state index contributed by atoms with van der Waals surface area (Å²) in [6.07, 6.45) is 5.11. The number of nitrogens with zero attached hydrogens (tertiary/aromatic N) is 1.